The van der Waals surface area contributed by atoms with Gasteiger partial charge in [0, 0.05) is 25.2 Å². The SMILES string of the molecule is CCOC1CC(NC[C@H](N)Cc2ccccc2)C1. The third kappa shape index (κ3) is 4.09. The standard InChI is InChI=1S/C15H24N2O/c1-2-18-15-9-14(10-15)17-11-13(16)8-12-6-4-3-5-7-12/h3-7,13-15,17H,2,8-11,16H2,1H3/t13-,14?,15?/m1/s1. The highest BCUT2D eigenvalue weighted by molar-refractivity contribution is 5.15. The summed E-state index contributed by atoms with van der Waals surface area (Å²) in [6.07, 6.45) is 3.67. The van der Waals surface area contributed by atoms with E-state index in [0.29, 0.717) is 12.1 Å². The van der Waals surface area contributed by atoms with Gasteiger partial charge < -0.3 is 15.8 Å². The molecular weight excluding hydrogens is 224 g/mol. The van der Waals surface area contributed by atoms with Crippen LogP contribution >= 0.6 is 0 Å². The molecule has 1 saturated carbocycles. The van der Waals surface area contributed by atoms with E-state index < -0.39 is 0 Å². The van der Waals surface area contributed by atoms with Crippen LogP contribution in [0.2, 0.25) is 0 Å². The number of hydrogen-bond donors (Lipinski definition) is 2. The van der Waals surface area contributed by atoms with E-state index in [1.165, 1.54) is 5.56 Å². The summed E-state index contributed by atoms with van der Waals surface area (Å²) in [6, 6.07) is 11.2. The topological polar surface area (TPSA) is 47.3 Å². The fraction of sp³-hybridized carbons (Fsp3) is 0.600. The molecule has 3 heteroatoms. The minimum atomic E-state index is 0.193. The first-order chi connectivity index (χ1) is 8.78. The van der Waals surface area contributed by atoms with Crippen molar-refractivity contribution < 1.29 is 4.74 Å². The Morgan fingerprint density at radius 3 is 2.72 bits per heavy atom. The van der Waals surface area contributed by atoms with Crippen LogP contribution in [-0.2, 0) is 11.2 Å². The molecule has 0 aromatic heterocycles. The summed E-state index contributed by atoms with van der Waals surface area (Å²) in [6.45, 7) is 3.76. The smallest absolute Gasteiger partial charge is 0.0604 e. The largest absolute Gasteiger partial charge is 0.378 e. The van der Waals surface area contributed by atoms with Crippen molar-refractivity contribution in [2.45, 2.75) is 44.4 Å². The summed E-state index contributed by atoms with van der Waals surface area (Å²) in [5.41, 5.74) is 7.44. The monoisotopic (exact) mass is 248 g/mol. The van der Waals surface area contributed by atoms with E-state index in [0.717, 1.165) is 32.4 Å². The molecule has 1 aromatic rings. The van der Waals surface area contributed by atoms with E-state index in [2.05, 4.69) is 36.5 Å². The highest BCUT2D eigenvalue weighted by atomic mass is 16.5. The number of hydrogen-bond acceptors (Lipinski definition) is 3. The molecule has 3 N–H and O–H groups in total. The molecule has 2 rings (SSSR count). The molecule has 3 nitrogen and oxygen atoms in total. The molecule has 0 aliphatic heterocycles. The van der Waals surface area contributed by atoms with Crippen molar-refractivity contribution in [1.82, 2.24) is 5.32 Å². The lowest BCUT2D eigenvalue weighted by molar-refractivity contribution is -0.00998. The molecule has 0 heterocycles. The predicted octanol–water partition coefficient (Wildman–Crippen LogP) is 1.71. The first kappa shape index (κ1) is 13.5. The lowest BCUT2D eigenvalue weighted by Gasteiger charge is -2.36. The maximum atomic E-state index is 6.13. The highest BCUT2D eigenvalue weighted by Gasteiger charge is 2.29. The van der Waals surface area contributed by atoms with E-state index in [1.807, 2.05) is 6.07 Å². The lowest BCUT2D eigenvalue weighted by atomic mass is 9.89. The predicted molar refractivity (Wildman–Crippen MR) is 74.6 cm³/mol. The fourth-order valence-electron chi connectivity index (χ4n) is 2.41. The van der Waals surface area contributed by atoms with Crippen LogP contribution in [0.5, 0.6) is 0 Å². The second-order valence-corrected chi connectivity index (χ2v) is 5.10. The second kappa shape index (κ2) is 6.88. The van der Waals surface area contributed by atoms with Crippen LogP contribution in [0.25, 0.3) is 0 Å². The summed E-state index contributed by atoms with van der Waals surface area (Å²) in [4.78, 5) is 0. The number of nitrogens with one attached hydrogen (secondary N) is 1. The Morgan fingerprint density at radius 1 is 1.33 bits per heavy atom. The normalized spacial score (nSPS) is 24.6. The van der Waals surface area contributed by atoms with E-state index in [4.69, 9.17) is 10.5 Å². The Balaban J connectivity index is 1.60. The maximum Gasteiger partial charge on any atom is 0.0604 e. The molecule has 0 radical (unpaired) electrons. The van der Waals surface area contributed by atoms with E-state index in [9.17, 15) is 0 Å². The lowest BCUT2D eigenvalue weighted by Crippen LogP contribution is -2.49. The van der Waals surface area contributed by atoms with Gasteiger partial charge in [0.05, 0.1) is 6.10 Å². The van der Waals surface area contributed by atoms with Gasteiger partial charge in [-0.15, -0.1) is 0 Å². The zero-order chi connectivity index (χ0) is 12.8. The third-order valence-corrected chi connectivity index (χ3v) is 3.51. The minimum absolute atomic E-state index is 0.193. The summed E-state index contributed by atoms with van der Waals surface area (Å²) < 4.78 is 5.54. The molecule has 1 atom stereocenters. The van der Waals surface area contributed by atoms with E-state index >= 15 is 0 Å². The van der Waals surface area contributed by atoms with Gasteiger partial charge >= 0.3 is 0 Å². The van der Waals surface area contributed by atoms with E-state index in [-0.39, 0.29) is 6.04 Å². The Kier molecular flexibility index (Phi) is 5.17. The van der Waals surface area contributed by atoms with Crippen molar-refractivity contribution in [1.29, 1.82) is 0 Å². The molecule has 0 bridgehead atoms. The molecule has 1 aliphatic carbocycles. The van der Waals surface area contributed by atoms with Crippen molar-refractivity contribution in [2.75, 3.05) is 13.2 Å². The van der Waals surface area contributed by atoms with Crippen LogP contribution in [0, 0.1) is 0 Å². The second-order valence-electron chi connectivity index (χ2n) is 5.10. The van der Waals surface area contributed by atoms with Crippen molar-refractivity contribution in [3.05, 3.63) is 35.9 Å². The van der Waals surface area contributed by atoms with Crippen LogP contribution in [-0.4, -0.2) is 31.3 Å². The number of ether oxygens (including phenoxy) is 1. The molecule has 0 unspecified atom stereocenters. The fourth-order valence-corrected chi connectivity index (χ4v) is 2.41. The van der Waals surface area contributed by atoms with Gasteiger partial charge in [0.15, 0.2) is 0 Å². The Labute approximate surface area is 110 Å². The van der Waals surface area contributed by atoms with Gasteiger partial charge in [-0.05, 0) is 31.7 Å². The van der Waals surface area contributed by atoms with Crippen molar-refractivity contribution in [3.63, 3.8) is 0 Å². The van der Waals surface area contributed by atoms with Gasteiger partial charge in [-0.25, -0.2) is 0 Å². The van der Waals surface area contributed by atoms with E-state index in [1.54, 1.807) is 0 Å². The summed E-state index contributed by atoms with van der Waals surface area (Å²) in [7, 11) is 0. The van der Waals surface area contributed by atoms with Crippen LogP contribution in [0.15, 0.2) is 30.3 Å². The molecule has 0 saturated heterocycles. The van der Waals surface area contributed by atoms with Gasteiger partial charge in [0.1, 0.15) is 0 Å². The highest BCUT2D eigenvalue weighted by Crippen LogP contribution is 2.22. The van der Waals surface area contributed by atoms with Gasteiger partial charge in [-0.2, -0.15) is 0 Å². The molecule has 0 amide bonds. The molecule has 100 valence electrons. The van der Waals surface area contributed by atoms with Gasteiger partial charge in [-0.3, -0.25) is 0 Å². The zero-order valence-electron chi connectivity index (χ0n) is 11.1. The molecule has 0 spiro atoms. The summed E-state index contributed by atoms with van der Waals surface area (Å²) in [5.74, 6) is 0. The number of rotatable bonds is 7. The van der Waals surface area contributed by atoms with Crippen LogP contribution in [0.3, 0.4) is 0 Å². The maximum absolute atomic E-state index is 6.13. The van der Waals surface area contributed by atoms with Crippen molar-refractivity contribution >= 4 is 0 Å². The molecule has 18 heavy (non-hydrogen) atoms. The summed E-state index contributed by atoms with van der Waals surface area (Å²) in [5, 5.41) is 3.52. The first-order valence-electron chi connectivity index (χ1n) is 6.92. The number of nitrogens with two attached hydrogens (primary N) is 1. The average Bonchev–Trinajstić information content (AvgIpc) is 2.33. The van der Waals surface area contributed by atoms with Gasteiger partial charge in [-0.1, -0.05) is 30.3 Å². The molecule has 1 fully saturated rings. The number of benzene rings is 1. The van der Waals surface area contributed by atoms with Crippen LogP contribution in [0.4, 0.5) is 0 Å². The zero-order valence-corrected chi connectivity index (χ0v) is 11.1. The Hall–Kier alpha value is -0.900. The molecule has 1 aromatic carbocycles. The minimum Gasteiger partial charge on any atom is -0.378 e. The van der Waals surface area contributed by atoms with Gasteiger partial charge in [0.2, 0.25) is 0 Å². The van der Waals surface area contributed by atoms with Gasteiger partial charge in [0.25, 0.3) is 0 Å². The van der Waals surface area contributed by atoms with Crippen molar-refractivity contribution in [2.24, 2.45) is 5.73 Å². The Morgan fingerprint density at radius 2 is 2.06 bits per heavy atom. The third-order valence-electron chi connectivity index (χ3n) is 3.51. The average molecular weight is 248 g/mol. The molecule has 1 aliphatic rings. The molecular formula is C15H24N2O. The first-order valence-corrected chi connectivity index (χ1v) is 6.92. The van der Waals surface area contributed by atoms with Crippen LogP contribution < -0.4 is 11.1 Å². The summed E-state index contributed by atoms with van der Waals surface area (Å²) >= 11 is 0. The Bertz CT molecular complexity index is 336. The van der Waals surface area contributed by atoms with Crippen molar-refractivity contribution in [3.8, 4) is 0 Å². The quantitative estimate of drug-likeness (QED) is 0.772. The van der Waals surface area contributed by atoms with Crippen LogP contribution in [0.1, 0.15) is 25.3 Å².